The molecule has 0 aliphatic heterocycles. The lowest BCUT2D eigenvalue weighted by Crippen LogP contribution is -1.96. The Kier molecular flexibility index (Phi) is 8.83. The molecule has 10 aromatic rings. The van der Waals surface area contributed by atoms with Gasteiger partial charge in [0.15, 0.2) is 11.6 Å². The van der Waals surface area contributed by atoms with Crippen molar-refractivity contribution in [1.82, 2.24) is 19.9 Å². The molecule has 0 saturated heterocycles. The minimum absolute atomic E-state index is 0.607. The summed E-state index contributed by atoms with van der Waals surface area (Å²) in [7, 11) is 0. The van der Waals surface area contributed by atoms with Gasteiger partial charge in [0, 0.05) is 33.0 Å². The fourth-order valence-electron chi connectivity index (χ4n) is 7.78. The molecule has 2 aromatic heterocycles. The first-order chi connectivity index (χ1) is 28.7. The molecule has 0 bridgehead atoms. The van der Waals surface area contributed by atoms with Crippen LogP contribution in [0.4, 0.5) is 0 Å². The molecule has 0 radical (unpaired) electrons. The highest BCUT2D eigenvalue weighted by molar-refractivity contribution is 6.00. The summed E-state index contributed by atoms with van der Waals surface area (Å²) in [5.74, 6) is 1.36. The Morgan fingerprint density at radius 3 is 1.29 bits per heavy atom. The van der Waals surface area contributed by atoms with Gasteiger partial charge in [0.25, 0.3) is 0 Å². The maximum Gasteiger partial charge on any atom is 0.160 e. The molecule has 0 atom stereocenters. The molecule has 0 N–H and O–H groups in total. The van der Waals surface area contributed by atoms with Crippen molar-refractivity contribution in [3.63, 3.8) is 0 Å². The van der Waals surface area contributed by atoms with E-state index in [0.717, 1.165) is 88.8 Å². The van der Waals surface area contributed by atoms with Crippen LogP contribution in [0.15, 0.2) is 200 Å². The smallest absolute Gasteiger partial charge is 0.160 e. The quantitative estimate of drug-likeness (QED) is 0.163. The number of fused-ring (bicyclic) bond motifs is 2. The van der Waals surface area contributed by atoms with Crippen molar-refractivity contribution in [2.45, 2.75) is 0 Å². The van der Waals surface area contributed by atoms with Gasteiger partial charge in [-0.25, -0.2) is 19.9 Å². The van der Waals surface area contributed by atoms with Crippen molar-refractivity contribution < 1.29 is 0 Å². The van der Waals surface area contributed by atoms with Crippen molar-refractivity contribution in [1.29, 1.82) is 5.26 Å². The Labute approximate surface area is 336 Å². The van der Waals surface area contributed by atoms with E-state index >= 15 is 0 Å². The lowest BCUT2D eigenvalue weighted by Gasteiger charge is -2.18. The van der Waals surface area contributed by atoms with Crippen LogP contribution >= 0.6 is 0 Å². The van der Waals surface area contributed by atoms with Crippen LogP contribution in [0.25, 0.3) is 100 Å². The predicted molar refractivity (Wildman–Crippen MR) is 235 cm³/mol. The third kappa shape index (κ3) is 6.45. The van der Waals surface area contributed by atoms with Gasteiger partial charge in [-0.05, 0) is 69.8 Å². The molecule has 10 rings (SSSR count). The molecule has 2 heterocycles. The Bertz CT molecular complexity index is 3190. The number of aromatic nitrogens is 4. The van der Waals surface area contributed by atoms with E-state index in [4.69, 9.17) is 19.9 Å². The minimum atomic E-state index is 0.607. The Hall–Kier alpha value is -8.07. The molecule has 0 spiro atoms. The van der Waals surface area contributed by atoms with Crippen LogP contribution < -0.4 is 0 Å². The summed E-state index contributed by atoms with van der Waals surface area (Å²) >= 11 is 0. The summed E-state index contributed by atoms with van der Waals surface area (Å²) in [5, 5.41) is 11.9. The van der Waals surface area contributed by atoms with Gasteiger partial charge in [0.05, 0.1) is 34.1 Å². The first-order valence-electron chi connectivity index (χ1n) is 19.2. The van der Waals surface area contributed by atoms with Gasteiger partial charge in [-0.15, -0.1) is 0 Å². The molecule has 0 aliphatic rings. The van der Waals surface area contributed by atoms with E-state index in [2.05, 4.69) is 91.0 Å². The van der Waals surface area contributed by atoms with Crippen LogP contribution in [0.2, 0.25) is 0 Å². The molecule has 8 aromatic carbocycles. The van der Waals surface area contributed by atoms with Crippen LogP contribution in [0.5, 0.6) is 0 Å². The zero-order chi connectivity index (χ0) is 38.8. The number of nitrogens with zero attached hydrogens (tertiary/aromatic N) is 5. The average Bonchev–Trinajstić information content (AvgIpc) is 3.31. The summed E-state index contributed by atoms with van der Waals surface area (Å²) in [6.45, 7) is 0. The second-order valence-corrected chi connectivity index (χ2v) is 14.1. The van der Waals surface area contributed by atoms with Gasteiger partial charge < -0.3 is 0 Å². The zero-order valence-corrected chi connectivity index (χ0v) is 31.3. The molecule has 0 fully saturated rings. The maximum absolute atomic E-state index is 9.92. The van der Waals surface area contributed by atoms with Gasteiger partial charge in [0.2, 0.25) is 0 Å². The fourth-order valence-corrected chi connectivity index (χ4v) is 7.78. The Morgan fingerprint density at radius 1 is 0.328 bits per heavy atom. The molecule has 5 nitrogen and oxygen atoms in total. The highest BCUT2D eigenvalue weighted by atomic mass is 14.9. The zero-order valence-electron chi connectivity index (χ0n) is 31.3. The fraction of sp³-hybridized carbons (Fsp3) is 0. The average molecular weight is 740 g/mol. The summed E-state index contributed by atoms with van der Waals surface area (Å²) in [6.07, 6.45) is 0. The van der Waals surface area contributed by atoms with E-state index in [1.807, 2.05) is 115 Å². The van der Waals surface area contributed by atoms with E-state index in [-0.39, 0.29) is 0 Å². The van der Waals surface area contributed by atoms with Gasteiger partial charge >= 0.3 is 0 Å². The molecular formula is C53H33N5. The van der Waals surface area contributed by atoms with Gasteiger partial charge in [0.1, 0.15) is 0 Å². The number of hydrogen-bond donors (Lipinski definition) is 0. The molecule has 270 valence electrons. The largest absolute Gasteiger partial charge is 0.228 e. The van der Waals surface area contributed by atoms with Crippen molar-refractivity contribution >= 4 is 21.8 Å². The summed E-state index contributed by atoms with van der Waals surface area (Å²) in [6, 6.07) is 70.4. The van der Waals surface area contributed by atoms with E-state index in [9.17, 15) is 5.26 Å². The maximum atomic E-state index is 9.92. The standard InChI is InChI=1S/C53H33N5/c54-34-35-15-11-20-38(31-35)43-27-14-28-44(39-21-12-23-41(32-39)50-45-25-7-9-29-47(45)55-52(57-50)36-16-3-1-4-17-36)49(43)40-22-13-24-42(33-40)51-46-26-8-10-30-48(46)56-53(58-51)37-18-5-2-6-19-37/h1-33H. The van der Waals surface area contributed by atoms with Gasteiger partial charge in [-0.1, -0.05) is 164 Å². The molecule has 58 heavy (non-hydrogen) atoms. The molecule has 0 saturated carbocycles. The summed E-state index contributed by atoms with van der Waals surface area (Å²) in [5.41, 5.74) is 14.2. The SMILES string of the molecule is N#Cc1cccc(-c2cccc(-c3cccc(-c4nc(-c5ccccc5)nc5ccccc45)c3)c2-c2cccc(-c3nc(-c4ccccc4)nc4ccccc34)c2)c1. The third-order valence-electron chi connectivity index (χ3n) is 10.5. The number of rotatable bonds is 7. The van der Waals surface area contributed by atoms with Crippen LogP contribution in [0, 0.1) is 11.3 Å². The Balaban J connectivity index is 1.18. The highest BCUT2D eigenvalue weighted by Crippen LogP contribution is 2.43. The van der Waals surface area contributed by atoms with Crippen LogP contribution in [0.1, 0.15) is 5.56 Å². The number of hydrogen-bond acceptors (Lipinski definition) is 5. The summed E-state index contributed by atoms with van der Waals surface area (Å²) in [4.78, 5) is 20.3. The van der Waals surface area contributed by atoms with Crippen molar-refractivity contribution in [3.8, 4) is 84.7 Å². The first kappa shape index (κ1) is 34.4. The number of para-hydroxylation sites is 2. The topological polar surface area (TPSA) is 75.3 Å². The van der Waals surface area contributed by atoms with E-state index in [1.54, 1.807) is 0 Å². The van der Waals surface area contributed by atoms with Gasteiger partial charge in [-0.2, -0.15) is 5.26 Å². The monoisotopic (exact) mass is 739 g/mol. The van der Waals surface area contributed by atoms with Crippen molar-refractivity contribution in [2.75, 3.05) is 0 Å². The normalized spacial score (nSPS) is 11.1. The highest BCUT2D eigenvalue weighted by Gasteiger charge is 2.19. The molecular weight excluding hydrogens is 707 g/mol. The van der Waals surface area contributed by atoms with E-state index < -0.39 is 0 Å². The number of nitriles is 1. The lowest BCUT2D eigenvalue weighted by atomic mass is 9.86. The van der Waals surface area contributed by atoms with Crippen LogP contribution in [-0.2, 0) is 0 Å². The molecule has 5 heteroatoms. The Morgan fingerprint density at radius 2 is 0.741 bits per heavy atom. The van der Waals surface area contributed by atoms with E-state index in [1.165, 1.54) is 0 Å². The predicted octanol–water partition coefficient (Wildman–Crippen LogP) is 13.1. The van der Waals surface area contributed by atoms with Gasteiger partial charge in [-0.3, -0.25) is 0 Å². The second-order valence-electron chi connectivity index (χ2n) is 14.1. The minimum Gasteiger partial charge on any atom is -0.228 e. The summed E-state index contributed by atoms with van der Waals surface area (Å²) < 4.78 is 0. The lowest BCUT2D eigenvalue weighted by molar-refractivity contribution is 1.23. The molecule has 0 amide bonds. The van der Waals surface area contributed by atoms with Crippen LogP contribution in [0.3, 0.4) is 0 Å². The first-order valence-corrected chi connectivity index (χ1v) is 19.2. The van der Waals surface area contributed by atoms with Crippen molar-refractivity contribution in [3.05, 3.63) is 206 Å². The number of benzene rings is 8. The van der Waals surface area contributed by atoms with Crippen LogP contribution in [-0.4, -0.2) is 19.9 Å². The van der Waals surface area contributed by atoms with Crippen molar-refractivity contribution in [2.24, 2.45) is 0 Å². The van der Waals surface area contributed by atoms with E-state index in [0.29, 0.717) is 17.2 Å². The second kappa shape index (κ2) is 14.9. The molecule has 0 aliphatic carbocycles. The third-order valence-corrected chi connectivity index (χ3v) is 10.5. The molecule has 0 unspecified atom stereocenters.